The van der Waals surface area contributed by atoms with Crippen LogP contribution in [0.4, 0.5) is 11.8 Å². The number of nitrogens with one attached hydrogen (secondary N) is 2. The Bertz CT molecular complexity index is 650. The highest BCUT2D eigenvalue weighted by atomic mass is 32.2. The summed E-state index contributed by atoms with van der Waals surface area (Å²) in [5.41, 5.74) is 0.184. The van der Waals surface area contributed by atoms with Gasteiger partial charge in [-0.05, 0) is 12.2 Å². The molecule has 2 N–H and O–H groups in total. The van der Waals surface area contributed by atoms with Gasteiger partial charge in [-0.25, -0.2) is 24.7 Å². The first-order valence-electron chi connectivity index (χ1n) is 7.36. The fourth-order valence-electron chi connectivity index (χ4n) is 1.76. The summed E-state index contributed by atoms with van der Waals surface area (Å²) >= 11 is 1.61. The second-order valence-electron chi connectivity index (χ2n) is 5.09. The van der Waals surface area contributed by atoms with Crippen molar-refractivity contribution >= 4 is 29.5 Å². The molecule has 0 aliphatic rings. The minimum Gasteiger partial charge on any atom is -0.464 e. The van der Waals surface area contributed by atoms with Gasteiger partial charge in [0.15, 0.2) is 5.69 Å². The summed E-state index contributed by atoms with van der Waals surface area (Å²) in [6, 6.07) is 0. The second-order valence-corrected chi connectivity index (χ2v) is 5.97. The number of hydrogen-bond acceptors (Lipinski definition) is 9. The predicted molar refractivity (Wildman–Crippen MR) is 93.3 cm³/mol. The van der Waals surface area contributed by atoms with E-state index in [-0.39, 0.29) is 5.69 Å². The maximum Gasteiger partial charge on any atom is 0.358 e. The highest BCUT2D eigenvalue weighted by molar-refractivity contribution is 7.98. The number of rotatable bonds is 8. The molecule has 0 aliphatic carbocycles. The lowest BCUT2D eigenvalue weighted by Gasteiger charge is -2.14. The molecule has 1 unspecified atom stereocenters. The molecule has 0 spiro atoms. The van der Waals surface area contributed by atoms with E-state index in [0.29, 0.717) is 24.2 Å². The molecule has 2 aromatic heterocycles. The number of methoxy groups -OCH3 is 1. The molecule has 8 nitrogen and oxygen atoms in total. The highest BCUT2D eigenvalue weighted by Gasteiger charge is 2.08. The van der Waals surface area contributed by atoms with Crippen LogP contribution in [0.3, 0.4) is 0 Å². The molecule has 0 amide bonds. The molecular weight excluding hydrogens is 328 g/mol. The number of ether oxygens (including phenoxy) is 1. The Balaban J connectivity index is 1.76. The summed E-state index contributed by atoms with van der Waals surface area (Å²) in [6.07, 6.45) is 8.47. The van der Waals surface area contributed by atoms with Gasteiger partial charge in [-0.3, -0.25) is 0 Å². The number of thioether (sulfide) groups is 1. The van der Waals surface area contributed by atoms with Crippen molar-refractivity contribution in [3.8, 4) is 0 Å². The third-order valence-electron chi connectivity index (χ3n) is 3.15. The molecule has 128 valence electrons. The third-order valence-corrected chi connectivity index (χ3v) is 3.83. The van der Waals surface area contributed by atoms with Crippen molar-refractivity contribution < 1.29 is 9.53 Å². The summed E-state index contributed by atoms with van der Waals surface area (Å²) in [4.78, 5) is 28.9. The summed E-state index contributed by atoms with van der Waals surface area (Å²) in [5, 5.41) is 6.37. The molecule has 9 heteroatoms. The number of carbonyl (C=O) groups excluding carboxylic acids is 1. The van der Waals surface area contributed by atoms with Crippen LogP contribution < -0.4 is 10.6 Å². The first kappa shape index (κ1) is 17.9. The Kier molecular flexibility index (Phi) is 6.74. The molecule has 0 fully saturated rings. The van der Waals surface area contributed by atoms with Crippen molar-refractivity contribution in [1.29, 1.82) is 0 Å². The zero-order valence-electron chi connectivity index (χ0n) is 13.8. The fraction of sp³-hybridized carbons (Fsp3) is 0.400. The molecule has 2 aromatic rings. The number of carbonyl (C=O) groups is 1. The van der Waals surface area contributed by atoms with Gasteiger partial charge in [-0.2, -0.15) is 0 Å². The summed E-state index contributed by atoms with van der Waals surface area (Å²) < 4.78 is 4.58. The summed E-state index contributed by atoms with van der Waals surface area (Å²) in [5.74, 6) is 1.03. The fourth-order valence-corrected chi connectivity index (χ4v) is 2.07. The SMILES string of the molecule is COC(=O)c1cnc(NCC(C)CNc2ncc(SC)cn2)cn1. The molecule has 0 aliphatic heterocycles. The molecule has 0 bridgehead atoms. The predicted octanol–water partition coefficient (Wildman–Crippen LogP) is 1.94. The van der Waals surface area contributed by atoms with E-state index in [9.17, 15) is 4.79 Å². The van der Waals surface area contributed by atoms with Crippen LogP contribution in [0.5, 0.6) is 0 Å². The molecule has 2 rings (SSSR count). The van der Waals surface area contributed by atoms with Crippen LogP contribution in [0.2, 0.25) is 0 Å². The first-order valence-corrected chi connectivity index (χ1v) is 8.59. The highest BCUT2D eigenvalue weighted by Crippen LogP contribution is 2.12. The van der Waals surface area contributed by atoms with Crippen molar-refractivity contribution in [3.63, 3.8) is 0 Å². The zero-order chi connectivity index (χ0) is 17.4. The van der Waals surface area contributed by atoms with Gasteiger partial charge in [0.25, 0.3) is 0 Å². The maximum atomic E-state index is 11.3. The Labute approximate surface area is 144 Å². The zero-order valence-corrected chi connectivity index (χ0v) is 14.6. The van der Waals surface area contributed by atoms with Crippen molar-refractivity contribution in [1.82, 2.24) is 19.9 Å². The topological polar surface area (TPSA) is 102 Å². The molecule has 0 radical (unpaired) electrons. The lowest BCUT2D eigenvalue weighted by molar-refractivity contribution is 0.0593. The molecule has 0 saturated heterocycles. The van der Waals surface area contributed by atoms with Gasteiger partial charge in [0, 0.05) is 30.4 Å². The van der Waals surface area contributed by atoms with Gasteiger partial charge in [0.1, 0.15) is 5.82 Å². The van der Waals surface area contributed by atoms with Crippen LogP contribution >= 0.6 is 11.8 Å². The van der Waals surface area contributed by atoms with E-state index in [2.05, 4.69) is 42.2 Å². The Hall–Kier alpha value is -2.42. The van der Waals surface area contributed by atoms with Crippen LogP contribution in [0, 0.1) is 5.92 Å². The van der Waals surface area contributed by atoms with Crippen molar-refractivity contribution in [2.24, 2.45) is 5.92 Å². The molecular formula is C15H20N6O2S. The van der Waals surface area contributed by atoms with E-state index in [0.717, 1.165) is 11.4 Å². The van der Waals surface area contributed by atoms with Gasteiger partial charge in [-0.15, -0.1) is 11.8 Å². The molecule has 1 atom stereocenters. The van der Waals surface area contributed by atoms with Crippen LogP contribution in [-0.2, 0) is 4.74 Å². The van der Waals surface area contributed by atoms with E-state index >= 15 is 0 Å². The monoisotopic (exact) mass is 348 g/mol. The lowest BCUT2D eigenvalue weighted by Crippen LogP contribution is -2.21. The normalized spacial score (nSPS) is 11.6. The van der Waals surface area contributed by atoms with E-state index in [1.807, 2.05) is 6.26 Å². The van der Waals surface area contributed by atoms with E-state index in [1.54, 1.807) is 24.2 Å². The van der Waals surface area contributed by atoms with Gasteiger partial charge in [0.05, 0.1) is 19.5 Å². The number of hydrogen-bond donors (Lipinski definition) is 2. The van der Waals surface area contributed by atoms with Gasteiger partial charge >= 0.3 is 5.97 Å². The van der Waals surface area contributed by atoms with Gasteiger partial charge < -0.3 is 15.4 Å². The molecule has 0 saturated carbocycles. The van der Waals surface area contributed by atoms with E-state index in [4.69, 9.17) is 0 Å². The largest absolute Gasteiger partial charge is 0.464 e. The molecule has 24 heavy (non-hydrogen) atoms. The Morgan fingerprint density at radius 3 is 2.42 bits per heavy atom. The Morgan fingerprint density at radius 2 is 1.83 bits per heavy atom. The average Bonchev–Trinajstić information content (AvgIpc) is 2.64. The van der Waals surface area contributed by atoms with Gasteiger partial charge in [0.2, 0.25) is 5.95 Å². The van der Waals surface area contributed by atoms with Crippen LogP contribution in [0.15, 0.2) is 29.7 Å². The van der Waals surface area contributed by atoms with E-state index < -0.39 is 5.97 Å². The standard InChI is InChI=1S/C15H20N6O2S/c1-10(5-19-15-20-6-11(24-3)7-21-15)4-17-13-9-16-12(8-18-13)14(22)23-2/h6-10H,4-5H2,1-3H3,(H,17,18)(H,19,20,21). The molecule has 2 heterocycles. The third kappa shape index (κ3) is 5.34. The Morgan fingerprint density at radius 1 is 1.12 bits per heavy atom. The first-order chi connectivity index (χ1) is 11.6. The van der Waals surface area contributed by atoms with E-state index in [1.165, 1.54) is 19.5 Å². The summed E-state index contributed by atoms with van der Waals surface area (Å²) in [6.45, 7) is 3.51. The summed E-state index contributed by atoms with van der Waals surface area (Å²) in [7, 11) is 1.31. The van der Waals surface area contributed by atoms with Crippen LogP contribution in [0.25, 0.3) is 0 Å². The number of aromatic nitrogens is 4. The van der Waals surface area contributed by atoms with Crippen molar-refractivity contribution in [2.45, 2.75) is 11.8 Å². The van der Waals surface area contributed by atoms with Gasteiger partial charge in [-0.1, -0.05) is 6.92 Å². The second kappa shape index (κ2) is 9.02. The molecule has 0 aromatic carbocycles. The van der Waals surface area contributed by atoms with Crippen LogP contribution in [-0.4, -0.2) is 52.4 Å². The minimum atomic E-state index is -0.501. The van der Waals surface area contributed by atoms with Crippen molar-refractivity contribution in [2.75, 3.05) is 37.1 Å². The number of anilines is 2. The lowest BCUT2D eigenvalue weighted by atomic mass is 10.2. The number of nitrogens with zero attached hydrogens (tertiary/aromatic N) is 4. The van der Waals surface area contributed by atoms with Crippen molar-refractivity contribution in [3.05, 3.63) is 30.5 Å². The minimum absolute atomic E-state index is 0.184. The average molecular weight is 348 g/mol. The quantitative estimate of drug-likeness (QED) is 0.547. The number of esters is 1. The smallest absolute Gasteiger partial charge is 0.358 e. The maximum absolute atomic E-state index is 11.3. The van der Waals surface area contributed by atoms with Crippen LogP contribution in [0.1, 0.15) is 17.4 Å².